The van der Waals surface area contributed by atoms with Crippen molar-refractivity contribution in [3.05, 3.63) is 24.0 Å². The molecule has 0 saturated carbocycles. The fourth-order valence-corrected chi connectivity index (χ4v) is 1.62. The summed E-state index contributed by atoms with van der Waals surface area (Å²) in [4.78, 5) is 0. The van der Waals surface area contributed by atoms with Gasteiger partial charge in [-0.25, -0.2) is 0 Å². The van der Waals surface area contributed by atoms with E-state index in [1.807, 2.05) is 0 Å². The van der Waals surface area contributed by atoms with Crippen LogP contribution >= 0.6 is 0 Å². The van der Waals surface area contributed by atoms with Gasteiger partial charge >= 0.3 is 0 Å². The topological polar surface area (TPSA) is 17.0 Å². The Morgan fingerprint density at radius 2 is 2.20 bits per heavy atom. The van der Waals surface area contributed by atoms with E-state index in [9.17, 15) is 0 Å². The Morgan fingerprint density at radius 3 is 2.87 bits per heavy atom. The lowest BCUT2D eigenvalue weighted by Crippen LogP contribution is -2.17. The van der Waals surface area contributed by atoms with Gasteiger partial charge in [-0.2, -0.15) is 0 Å². The normalized spacial score (nSPS) is 11.2. The maximum absolute atomic E-state index is 3.44. The molecule has 1 aromatic rings. The molecule has 1 heterocycles. The SMILES string of the molecule is CCCNCc1cccn1CCC(C)C. The van der Waals surface area contributed by atoms with Gasteiger partial charge in [-0.3, -0.25) is 0 Å². The highest BCUT2D eigenvalue weighted by Crippen LogP contribution is 2.07. The number of hydrogen-bond donors (Lipinski definition) is 1. The second-order valence-corrected chi connectivity index (χ2v) is 4.55. The standard InChI is InChI=1S/C13H24N2/c1-4-8-14-11-13-6-5-9-15(13)10-7-12(2)3/h5-6,9,12,14H,4,7-8,10-11H2,1-3H3. The van der Waals surface area contributed by atoms with Gasteiger partial charge in [0.05, 0.1) is 0 Å². The molecular weight excluding hydrogens is 184 g/mol. The third kappa shape index (κ3) is 4.52. The molecule has 0 amide bonds. The summed E-state index contributed by atoms with van der Waals surface area (Å²) in [6.45, 7) is 10.0. The van der Waals surface area contributed by atoms with Crippen LogP contribution in [-0.4, -0.2) is 11.1 Å². The van der Waals surface area contributed by atoms with Crippen molar-refractivity contribution in [3.8, 4) is 0 Å². The lowest BCUT2D eigenvalue weighted by molar-refractivity contribution is 0.501. The fourth-order valence-electron chi connectivity index (χ4n) is 1.62. The smallest absolute Gasteiger partial charge is 0.0359 e. The van der Waals surface area contributed by atoms with Gasteiger partial charge in [-0.15, -0.1) is 0 Å². The molecule has 0 radical (unpaired) electrons. The van der Waals surface area contributed by atoms with Crippen LogP contribution in [-0.2, 0) is 13.1 Å². The number of nitrogens with one attached hydrogen (secondary N) is 1. The molecule has 0 fully saturated rings. The van der Waals surface area contributed by atoms with Crippen LogP contribution in [0.3, 0.4) is 0 Å². The van der Waals surface area contributed by atoms with Gasteiger partial charge in [0.15, 0.2) is 0 Å². The Kier molecular flexibility index (Phi) is 5.48. The predicted octanol–water partition coefficient (Wildman–Crippen LogP) is 3.03. The molecule has 0 aliphatic heterocycles. The van der Waals surface area contributed by atoms with E-state index in [1.165, 1.54) is 18.5 Å². The third-order valence-electron chi connectivity index (χ3n) is 2.60. The molecule has 1 aromatic heterocycles. The van der Waals surface area contributed by atoms with Crippen molar-refractivity contribution in [1.82, 2.24) is 9.88 Å². The summed E-state index contributed by atoms with van der Waals surface area (Å²) in [6, 6.07) is 4.35. The second kappa shape index (κ2) is 6.67. The van der Waals surface area contributed by atoms with Gasteiger partial charge in [0.1, 0.15) is 0 Å². The van der Waals surface area contributed by atoms with E-state index in [1.54, 1.807) is 0 Å². The average molecular weight is 208 g/mol. The van der Waals surface area contributed by atoms with Crippen molar-refractivity contribution >= 4 is 0 Å². The third-order valence-corrected chi connectivity index (χ3v) is 2.60. The molecule has 1 N–H and O–H groups in total. The van der Waals surface area contributed by atoms with Crippen LogP contribution in [0.15, 0.2) is 18.3 Å². The van der Waals surface area contributed by atoms with Gasteiger partial charge in [-0.05, 0) is 37.4 Å². The lowest BCUT2D eigenvalue weighted by Gasteiger charge is -2.11. The van der Waals surface area contributed by atoms with Gasteiger partial charge in [0.2, 0.25) is 0 Å². The Hall–Kier alpha value is -0.760. The number of aromatic nitrogens is 1. The monoisotopic (exact) mass is 208 g/mol. The molecule has 0 atom stereocenters. The number of aryl methyl sites for hydroxylation is 1. The minimum atomic E-state index is 0.781. The molecule has 0 spiro atoms. The summed E-state index contributed by atoms with van der Waals surface area (Å²) >= 11 is 0. The number of rotatable bonds is 7. The summed E-state index contributed by atoms with van der Waals surface area (Å²) in [6.07, 6.45) is 4.65. The van der Waals surface area contributed by atoms with Crippen LogP contribution in [0.25, 0.3) is 0 Å². The molecule has 15 heavy (non-hydrogen) atoms. The van der Waals surface area contributed by atoms with E-state index in [-0.39, 0.29) is 0 Å². The molecule has 0 unspecified atom stereocenters. The summed E-state index contributed by atoms with van der Waals surface area (Å²) in [5.41, 5.74) is 1.41. The number of nitrogens with zero attached hydrogens (tertiary/aromatic N) is 1. The van der Waals surface area contributed by atoms with Crippen molar-refractivity contribution in [2.45, 2.75) is 46.7 Å². The maximum atomic E-state index is 3.44. The van der Waals surface area contributed by atoms with Crippen LogP contribution in [0.1, 0.15) is 39.3 Å². The minimum Gasteiger partial charge on any atom is -0.350 e. The van der Waals surface area contributed by atoms with E-state index < -0.39 is 0 Å². The van der Waals surface area contributed by atoms with Crippen LogP contribution < -0.4 is 5.32 Å². The zero-order valence-corrected chi connectivity index (χ0v) is 10.3. The first-order valence-corrected chi connectivity index (χ1v) is 6.08. The molecule has 0 aromatic carbocycles. The van der Waals surface area contributed by atoms with Gasteiger partial charge in [-0.1, -0.05) is 20.8 Å². The van der Waals surface area contributed by atoms with E-state index in [4.69, 9.17) is 0 Å². The molecule has 0 aliphatic carbocycles. The molecule has 1 rings (SSSR count). The first-order chi connectivity index (χ1) is 7.24. The zero-order valence-electron chi connectivity index (χ0n) is 10.3. The summed E-state index contributed by atoms with van der Waals surface area (Å²) in [5.74, 6) is 0.781. The van der Waals surface area contributed by atoms with E-state index in [2.05, 4.69) is 49.0 Å². The maximum Gasteiger partial charge on any atom is 0.0359 e. The molecule has 2 nitrogen and oxygen atoms in total. The highest BCUT2D eigenvalue weighted by molar-refractivity contribution is 5.06. The van der Waals surface area contributed by atoms with Crippen LogP contribution in [0.4, 0.5) is 0 Å². The summed E-state index contributed by atoms with van der Waals surface area (Å²) in [5, 5.41) is 3.44. The second-order valence-electron chi connectivity index (χ2n) is 4.55. The van der Waals surface area contributed by atoms with Crippen molar-refractivity contribution in [3.63, 3.8) is 0 Å². The Balaban J connectivity index is 2.39. The van der Waals surface area contributed by atoms with Crippen LogP contribution in [0, 0.1) is 5.92 Å². The van der Waals surface area contributed by atoms with E-state index in [0.717, 1.165) is 25.6 Å². The molecule has 0 saturated heterocycles. The quantitative estimate of drug-likeness (QED) is 0.682. The summed E-state index contributed by atoms with van der Waals surface area (Å²) in [7, 11) is 0. The fraction of sp³-hybridized carbons (Fsp3) is 0.692. The average Bonchev–Trinajstić information content (AvgIpc) is 2.63. The number of hydrogen-bond acceptors (Lipinski definition) is 1. The molecule has 2 heteroatoms. The van der Waals surface area contributed by atoms with Crippen LogP contribution in [0.5, 0.6) is 0 Å². The van der Waals surface area contributed by atoms with Crippen molar-refractivity contribution in [1.29, 1.82) is 0 Å². The van der Waals surface area contributed by atoms with Gasteiger partial charge in [0.25, 0.3) is 0 Å². The van der Waals surface area contributed by atoms with E-state index >= 15 is 0 Å². The zero-order chi connectivity index (χ0) is 11.1. The molecule has 0 aliphatic rings. The van der Waals surface area contributed by atoms with Crippen LogP contribution in [0.2, 0.25) is 0 Å². The highest BCUT2D eigenvalue weighted by Gasteiger charge is 2.01. The van der Waals surface area contributed by atoms with E-state index in [0.29, 0.717) is 0 Å². The predicted molar refractivity (Wildman–Crippen MR) is 65.9 cm³/mol. The Bertz CT molecular complexity index is 263. The molecule has 0 bridgehead atoms. The first kappa shape index (κ1) is 12.3. The highest BCUT2D eigenvalue weighted by atomic mass is 15.0. The minimum absolute atomic E-state index is 0.781. The largest absolute Gasteiger partial charge is 0.350 e. The summed E-state index contributed by atoms with van der Waals surface area (Å²) < 4.78 is 2.36. The van der Waals surface area contributed by atoms with Gasteiger partial charge in [0, 0.05) is 25.0 Å². The van der Waals surface area contributed by atoms with Crippen molar-refractivity contribution < 1.29 is 0 Å². The Morgan fingerprint density at radius 1 is 1.40 bits per heavy atom. The first-order valence-electron chi connectivity index (χ1n) is 6.08. The van der Waals surface area contributed by atoms with Crippen molar-refractivity contribution in [2.24, 2.45) is 5.92 Å². The molecule has 86 valence electrons. The lowest BCUT2D eigenvalue weighted by atomic mass is 10.1. The van der Waals surface area contributed by atoms with Crippen molar-refractivity contribution in [2.75, 3.05) is 6.54 Å². The van der Waals surface area contributed by atoms with Gasteiger partial charge < -0.3 is 9.88 Å². The molecular formula is C13H24N2. The Labute approximate surface area is 93.7 Å².